The van der Waals surface area contributed by atoms with E-state index in [1.165, 1.54) is 0 Å². The Kier molecular flexibility index (Phi) is 7.82. The first kappa shape index (κ1) is 24.5. The van der Waals surface area contributed by atoms with Gasteiger partial charge in [-0.25, -0.2) is 0 Å². The Bertz CT molecular complexity index is 1360. The lowest BCUT2D eigenvalue weighted by Gasteiger charge is -2.21. The number of nitrogens with zero attached hydrogens (tertiary/aromatic N) is 3. The molecule has 1 N–H and O–H groups in total. The van der Waals surface area contributed by atoms with E-state index in [0.717, 1.165) is 39.8 Å². The van der Waals surface area contributed by atoms with E-state index in [4.69, 9.17) is 21.7 Å². The van der Waals surface area contributed by atoms with Crippen molar-refractivity contribution in [1.29, 1.82) is 0 Å². The third-order valence-electron chi connectivity index (χ3n) is 5.76. The van der Waals surface area contributed by atoms with Crippen molar-refractivity contribution in [3.05, 3.63) is 71.0 Å². The first-order valence-corrected chi connectivity index (χ1v) is 12.2. The molecule has 0 bridgehead atoms. The summed E-state index contributed by atoms with van der Waals surface area (Å²) in [6, 6.07) is 19.8. The number of nitrogens with one attached hydrogen (secondary N) is 1. The summed E-state index contributed by atoms with van der Waals surface area (Å²) in [6.45, 7) is 5.73. The molecule has 7 nitrogen and oxygen atoms in total. The van der Waals surface area contributed by atoms with Crippen LogP contribution in [0.4, 0.5) is 0 Å². The highest BCUT2D eigenvalue weighted by Crippen LogP contribution is 2.30. The Labute approximate surface area is 210 Å². The smallest absolute Gasteiger partial charge is 0.242 e. The zero-order valence-corrected chi connectivity index (χ0v) is 21.1. The Hall–Kier alpha value is -3.65. The van der Waals surface area contributed by atoms with E-state index in [1.807, 2.05) is 49.4 Å². The van der Waals surface area contributed by atoms with Crippen LogP contribution in [0.2, 0.25) is 0 Å². The van der Waals surface area contributed by atoms with Gasteiger partial charge >= 0.3 is 0 Å². The fourth-order valence-corrected chi connectivity index (χ4v) is 4.16. The zero-order valence-electron chi connectivity index (χ0n) is 20.3. The molecule has 35 heavy (non-hydrogen) atoms. The van der Waals surface area contributed by atoms with Crippen molar-refractivity contribution in [3.63, 3.8) is 0 Å². The molecule has 182 valence electrons. The van der Waals surface area contributed by atoms with Crippen LogP contribution in [0.25, 0.3) is 22.2 Å². The molecule has 1 aromatic heterocycles. The van der Waals surface area contributed by atoms with Gasteiger partial charge in [-0.15, -0.1) is 0 Å². The van der Waals surface area contributed by atoms with Crippen LogP contribution in [0.3, 0.4) is 0 Å². The van der Waals surface area contributed by atoms with Crippen LogP contribution in [-0.2, 0) is 17.9 Å². The van der Waals surface area contributed by atoms with Gasteiger partial charge in [-0.2, -0.15) is 5.10 Å². The largest absolute Gasteiger partial charge is 0.494 e. The second-order valence-corrected chi connectivity index (χ2v) is 8.64. The highest BCUT2D eigenvalue weighted by molar-refractivity contribution is 7.71. The van der Waals surface area contributed by atoms with Crippen LogP contribution >= 0.6 is 12.2 Å². The molecule has 4 aromatic rings. The van der Waals surface area contributed by atoms with Crippen LogP contribution < -0.4 is 9.47 Å². The van der Waals surface area contributed by atoms with Gasteiger partial charge in [0.15, 0.2) is 10.6 Å². The van der Waals surface area contributed by atoms with Crippen molar-refractivity contribution in [3.8, 4) is 22.9 Å². The first-order chi connectivity index (χ1) is 17.0. The minimum absolute atomic E-state index is 0.0737. The Morgan fingerprint density at radius 3 is 2.57 bits per heavy atom. The van der Waals surface area contributed by atoms with Crippen molar-refractivity contribution < 1.29 is 14.3 Å². The predicted molar refractivity (Wildman–Crippen MR) is 140 cm³/mol. The van der Waals surface area contributed by atoms with Gasteiger partial charge in [-0.3, -0.25) is 14.5 Å². The Morgan fingerprint density at radius 1 is 1.06 bits per heavy atom. The summed E-state index contributed by atoms with van der Waals surface area (Å²) in [5.41, 5.74) is 1.84. The fraction of sp³-hybridized carbons (Fsp3) is 0.296. The quantitative estimate of drug-likeness (QED) is 0.293. The second-order valence-electron chi connectivity index (χ2n) is 8.26. The summed E-state index contributed by atoms with van der Waals surface area (Å²) in [5, 5.41) is 9.37. The number of amides is 1. The average Bonchev–Trinajstić information content (AvgIpc) is 3.23. The lowest BCUT2D eigenvalue weighted by Crippen LogP contribution is -2.30. The van der Waals surface area contributed by atoms with E-state index in [1.54, 1.807) is 16.5 Å². The van der Waals surface area contributed by atoms with Crippen LogP contribution in [0.15, 0.2) is 60.7 Å². The molecule has 0 atom stereocenters. The van der Waals surface area contributed by atoms with Crippen LogP contribution in [-0.4, -0.2) is 45.8 Å². The summed E-state index contributed by atoms with van der Waals surface area (Å²) in [7, 11) is 1.80. The molecule has 0 aliphatic heterocycles. The summed E-state index contributed by atoms with van der Waals surface area (Å²) in [5.74, 6) is 2.12. The third kappa shape index (κ3) is 5.54. The summed E-state index contributed by atoms with van der Waals surface area (Å²) < 4.78 is 13.7. The van der Waals surface area contributed by atoms with E-state index in [0.29, 0.717) is 30.4 Å². The molecule has 0 unspecified atom stereocenters. The molecule has 0 radical (unpaired) electrons. The number of hydrogen-bond donors (Lipinski definition) is 1. The standard InChI is InChI=1S/C27H30N4O3S/c1-4-16-34-24-15-12-19-8-6-7-9-22(19)23(24)17-30(3)25(32)18-31-26(28-29-27(31)35)20-10-13-21(14-11-20)33-5-2/h6-15H,4-5,16-18H2,1-3H3,(H,29,35). The Balaban J connectivity index is 1.57. The first-order valence-electron chi connectivity index (χ1n) is 11.8. The zero-order chi connectivity index (χ0) is 24.8. The van der Waals surface area contributed by atoms with Crippen molar-refractivity contribution in [2.24, 2.45) is 0 Å². The number of carbonyl (C=O) groups excluding carboxylic acids is 1. The number of rotatable bonds is 10. The fourth-order valence-electron chi connectivity index (χ4n) is 3.96. The van der Waals surface area contributed by atoms with Crippen molar-refractivity contribution >= 4 is 28.9 Å². The van der Waals surface area contributed by atoms with Gasteiger partial charge in [0.2, 0.25) is 5.91 Å². The van der Waals surface area contributed by atoms with Gasteiger partial charge in [-0.1, -0.05) is 37.3 Å². The number of carbonyl (C=O) groups is 1. The molecule has 0 fully saturated rings. The van der Waals surface area contributed by atoms with Crippen LogP contribution in [0.5, 0.6) is 11.5 Å². The van der Waals surface area contributed by atoms with E-state index < -0.39 is 0 Å². The molecule has 0 aliphatic carbocycles. The summed E-state index contributed by atoms with van der Waals surface area (Å²) in [4.78, 5) is 15.0. The number of aromatic amines is 1. The van der Waals surface area contributed by atoms with E-state index in [9.17, 15) is 4.79 Å². The third-order valence-corrected chi connectivity index (χ3v) is 6.07. The number of hydrogen-bond acceptors (Lipinski definition) is 5. The number of H-pyrrole nitrogens is 1. The van der Waals surface area contributed by atoms with Crippen LogP contribution in [0, 0.1) is 4.77 Å². The van der Waals surface area contributed by atoms with Gasteiger partial charge in [0.25, 0.3) is 0 Å². The second kappa shape index (κ2) is 11.2. The van der Waals surface area contributed by atoms with E-state index >= 15 is 0 Å². The SMILES string of the molecule is CCCOc1ccc2ccccc2c1CN(C)C(=O)Cn1c(-c2ccc(OCC)cc2)n[nH]c1=S. The summed E-state index contributed by atoms with van der Waals surface area (Å²) >= 11 is 5.44. The highest BCUT2D eigenvalue weighted by atomic mass is 32.1. The minimum atomic E-state index is -0.0796. The molecule has 0 saturated carbocycles. The van der Waals surface area contributed by atoms with Crippen LogP contribution in [0.1, 0.15) is 25.8 Å². The number of ether oxygens (including phenoxy) is 2. The van der Waals surface area contributed by atoms with E-state index in [-0.39, 0.29) is 12.5 Å². The van der Waals surface area contributed by atoms with Gasteiger partial charge in [0.05, 0.1) is 13.2 Å². The maximum absolute atomic E-state index is 13.3. The maximum Gasteiger partial charge on any atom is 0.242 e. The molecule has 1 amide bonds. The van der Waals surface area contributed by atoms with Gasteiger partial charge in [0.1, 0.15) is 18.0 Å². The molecule has 0 aliphatic rings. The van der Waals surface area contributed by atoms with Crippen molar-refractivity contribution in [1.82, 2.24) is 19.7 Å². The summed E-state index contributed by atoms with van der Waals surface area (Å²) in [6.07, 6.45) is 0.911. The topological polar surface area (TPSA) is 72.4 Å². The van der Waals surface area contributed by atoms with Gasteiger partial charge in [-0.05, 0) is 66.7 Å². The number of benzene rings is 3. The maximum atomic E-state index is 13.3. The molecule has 8 heteroatoms. The predicted octanol–water partition coefficient (Wildman–Crippen LogP) is 5.61. The minimum Gasteiger partial charge on any atom is -0.494 e. The molecular weight excluding hydrogens is 460 g/mol. The molecule has 3 aromatic carbocycles. The van der Waals surface area contributed by atoms with Crippen molar-refractivity contribution in [2.45, 2.75) is 33.4 Å². The average molecular weight is 491 g/mol. The molecular formula is C27H30N4O3S. The lowest BCUT2D eigenvalue weighted by molar-refractivity contribution is -0.131. The Morgan fingerprint density at radius 2 is 1.83 bits per heavy atom. The molecule has 0 spiro atoms. The highest BCUT2D eigenvalue weighted by Gasteiger charge is 2.18. The van der Waals surface area contributed by atoms with Crippen molar-refractivity contribution in [2.75, 3.05) is 20.3 Å². The molecule has 0 saturated heterocycles. The monoisotopic (exact) mass is 490 g/mol. The van der Waals surface area contributed by atoms with Gasteiger partial charge in [0, 0.05) is 24.7 Å². The number of aromatic nitrogens is 3. The number of likely N-dealkylation sites (N-methyl/N-ethyl adjacent to an activating group) is 1. The normalized spacial score (nSPS) is 10.9. The number of fused-ring (bicyclic) bond motifs is 1. The molecule has 1 heterocycles. The lowest BCUT2D eigenvalue weighted by atomic mass is 10.0. The van der Waals surface area contributed by atoms with Gasteiger partial charge < -0.3 is 14.4 Å². The van der Waals surface area contributed by atoms with E-state index in [2.05, 4.69) is 35.3 Å². The molecule has 4 rings (SSSR count).